The van der Waals surface area contributed by atoms with Crippen LogP contribution < -0.4 is 20.4 Å². The maximum atomic E-state index is 14.6. The van der Waals surface area contributed by atoms with E-state index in [4.69, 9.17) is 9.84 Å². The number of carbonyl (C=O) groups excluding carboxylic acids is 2. The van der Waals surface area contributed by atoms with Gasteiger partial charge in [0.15, 0.2) is 0 Å². The van der Waals surface area contributed by atoms with Gasteiger partial charge in [0, 0.05) is 26.1 Å². The number of nitrogens with zero attached hydrogens (tertiary/aromatic N) is 2. The summed E-state index contributed by atoms with van der Waals surface area (Å²) >= 11 is 0. The molecule has 2 heterocycles. The Morgan fingerprint density at radius 3 is 2.92 bits per heavy atom. The molecular formula is C16H19FN4O5. The number of ether oxygens (including phenoxy) is 1. The number of nitrogens with one attached hydrogen (secondary N) is 2. The molecule has 1 aromatic carbocycles. The molecule has 0 unspecified atom stereocenters. The Morgan fingerprint density at radius 1 is 1.38 bits per heavy atom. The summed E-state index contributed by atoms with van der Waals surface area (Å²) in [5.74, 6) is -0.567. The first-order valence-electron chi connectivity index (χ1n) is 8.20. The van der Waals surface area contributed by atoms with Crippen molar-refractivity contribution >= 4 is 29.5 Å². The van der Waals surface area contributed by atoms with E-state index in [-0.39, 0.29) is 25.4 Å². The summed E-state index contributed by atoms with van der Waals surface area (Å²) in [5.41, 5.74) is 0.694. The van der Waals surface area contributed by atoms with E-state index in [1.54, 1.807) is 17.0 Å². The van der Waals surface area contributed by atoms with E-state index in [0.717, 1.165) is 0 Å². The fraction of sp³-hybridized carbons (Fsp3) is 0.438. The highest BCUT2D eigenvalue weighted by atomic mass is 19.1. The molecule has 9 nitrogen and oxygen atoms in total. The summed E-state index contributed by atoms with van der Waals surface area (Å²) in [5, 5.41) is 13.5. The average Bonchev–Trinajstić information content (AvgIpc) is 2.83. The second-order valence-corrected chi connectivity index (χ2v) is 6.03. The van der Waals surface area contributed by atoms with Crippen LogP contribution in [0.4, 0.5) is 25.4 Å². The lowest BCUT2D eigenvalue weighted by Gasteiger charge is -2.23. The van der Waals surface area contributed by atoms with Gasteiger partial charge in [0.1, 0.15) is 11.9 Å². The van der Waals surface area contributed by atoms with E-state index in [1.807, 2.05) is 0 Å². The number of anilines is 2. The van der Waals surface area contributed by atoms with Crippen molar-refractivity contribution in [2.24, 2.45) is 0 Å². The molecule has 3 amide bonds. The number of hydrogen-bond acceptors (Lipinski definition) is 5. The quantitative estimate of drug-likeness (QED) is 0.725. The Hall–Kier alpha value is -3.04. The molecule has 0 bridgehead atoms. The van der Waals surface area contributed by atoms with E-state index in [1.165, 1.54) is 11.0 Å². The van der Waals surface area contributed by atoms with Gasteiger partial charge < -0.3 is 25.4 Å². The molecule has 26 heavy (non-hydrogen) atoms. The number of benzene rings is 1. The minimum Gasteiger partial charge on any atom is -0.465 e. The predicted molar refractivity (Wildman–Crippen MR) is 89.9 cm³/mol. The molecule has 10 heteroatoms. The van der Waals surface area contributed by atoms with Gasteiger partial charge in [0.25, 0.3) is 0 Å². The summed E-state index contributed by atoms with van der Waals surface area (Å²) in [7, 11) is 0. The van der Waals surface area contributed by atoms with Crippen molar-refractivity contribution in [3.8, 4) is 0 Å². The summed E-state index contributed by atoms with van der Waals surface area (Å²) < 4.78 is 19.7. The van der Waals surface area contributed by atoms with Crippen molar-refractivity contribution in [1.82, 2.24) is 10.6 Å². The average molecular weight is 366 g/mol. The van der Waals surface area contributed by atoms with Crippen LogP contribution in [0.3, 0.4) is 0 Å². The molecule has 2 fully saturated rings. The van der Waals surface area contributed by atoms with E-state index < -0.39 is 24.1 Å². The standard InChI is InChI=1S/C16H19FN4O5/c17-12-7-10(21-9-11(26-16(21)25)8-19-15(23)24)1-2-13(12)20-5-3-14(22)18-4-6-20/h1-2,7,11,19H,3-6,8-9H2,(H,18,22)(H,23,24)/t11-/m0/s1. The minimum absolute atomic E-state index is 0.0348. The van der Waals surface area contributed by atoms with E-state index in [0.29, 0.717) is 31.0 Å². The van der Waals surface area contributed by atoms with Crippen molar-refractivity contribution < 1.29 is 28.6 Å². The van der Waals surface area contributed by atoms with Gasteiger partial charge in [-0.15, -0.1) is 0 Å². The molecule has 0 radical (unpaired) electrons. The second-order valence-electron chi connectivity index (χ2n) is 6.03. The molecule has 2 saturated heterocycles. The molecule has 2 aliphatic rings. The lowest BCUT2D eigenvalue weighted by molar-refractivity contribution is -0.120. The third kappa shape index (κ3) is 3.95. The molecule has 140 valence electrons. The molecule has 0 aliphatic carbocycles. The molecule has 0 aromatic heterocycles. The maximum Gasteiger partial charge on any atom is 0.414 e. The number of halogens is 1. The number of cyclic esters (lactones) is 1. The smallest absolute Gasteiger partial charge is 0.414 e. The Labute approximate surface area is 148 Å². The Bertz CT molecular complexity index is 729. The zero-order valence-corrected chi connectivity index (χ0v) is 13.9. The summed E-state index contributed by atoms with van der Waals surface area (Å²) in [6, 6.07) is 4.41. The van der Waals surface area contributed by atoms with Crippen LogP contribution in [-0.2, 0) is 9.53 Å². The van der Waals surface area contributed by atoms with Crippen LogP contribution >= 0.6 is 0 Å². The van der Waals surface area contributed by atoms with Gasteiger partial charge in [-0.25, -0.2) is 14.0 Å². The molecular weight excluding hydrogens is 347 g/mol. The molecule has 2 aliphatic heterocycles. The first kappa shape index (κ1) is 17.8. The lowest BCUT2D eigenvalue weighted by atomic mass is 10.2. The van der Waals surface area contributed by atoms with Crippen molar-refractivity contribution in [3.63, 3.8) is 0 Å². The van der Waals surface area contributed by atoms with Crippen LogP contribution in [0.15, 0.2) is 18.2 Å². The van der Waals surface area contributed by atoms with E-state index in [9.17, 15) is 18.8 Å². The molecule has 1 atom stereocenters. The van der Waals surface area contributed by atoms with E-state index >= 15 is 0 Å². The highest BCUT2D eigenvalue weighted by Crippen LogP contribution is 2.28. The molecule has 3 rings (SSSR count). The number of hydrogen-bond donors (Lipinski definition) is 3. The van der Waals surface area contributed by atoms with Gasteiger partial charge in [0.2, 0.25) is 5.91 Å². The van der Waals surface area contributed by atoms with Crippen LogP contribution in [0.5, 0.6) is 0 Å². The van der Waals surface area contributed by atoms with Crippen molar-refractivity contribution in [1.29, 1.82) is 0 Å². The van der Waals surface area contributed by atoms with Gasteiger partial charge >= 0.3 is 12.2 Å². The van der Waals surface area contributed by atoms with Gasteiger partial charge in [0.05, 0.1) is 24.5 Å². The van der Waals surface area contributed by atoms with Gasteiger partial charge in [-0.05, 0) is 18.2 Å². The Kier molecular flexibility index (Phi) is 5.10. The van der Waals surface area contributed by atoms with Crippen molar-refractivity contribution in [2.75, 3.05) is 42.5 Å². The highest BCUT2D eigenvalue weighted by molar-refractivity contribution is 5.90. The molecule has 3 N–H and O–H groups in total. The second kappa shape index (κ2) is 7.46. The third-order valence-corrected chi connectivity index (χ3v) is 4.25. The van der Waals surface area contributed by atoms with Crippen LogP contribution in [0.1, 0.15) is 6.42 Å². The third-order valence-electron chi connectivity index (χ3n) is 4.25. The molecule has 0 saturated carbocycles. The Morgan fingerprint density at radius 2 is 2.19 bits per heavy atom. The highest BCUT2D eigenvalue weighted by Gasteiger charge is 2.33. The fourth-order valence-electron chi connectivity index (χ4n) is 2.97. The number of carbonyl (C=O) groups is 3. The monoisotopic (exact) mass is 366 g/mol. The number of carboxylic acid groups (broad SMARTS) is 1. The number of rotatable bonds is 4. The van der Waals surface area contributed by atoms with Crippen LogP contribution in [0.25, 0.3) is 0 Å². The van der Waals surface area contributed by atoms with Crippen LogP contribution in [0, 0.1) is 5.82 Å². The summed E-state index contributed by atoms with van der Waals surface area (Å²) in [6.45, 7) is 1.44. The van der Waals surface area contributed by atoms with Gasteiger partial charge in [-0.3, -0.25) is 9.69 Å². The SMILES string of the molecule is O=C(O)NC[C@H]1CN(c2ccc(N3CCNC(=O)CC3)c(F)c2)C(=O)O1. The molecule has 1 aromatic rings. The van der Waals surface area contributed by atoms with E-state index in [2.05, 4.69) is 10.6 Å². The van der Waals surface area contributed by atoms with Crippen molar-refractivity contribution in [3.05, 3.63) is 24.0 Å². The zero-order valence-electron chi connectivity index (χ0n) is 13.9. The van der Waals surface area contributed by atoms with Crippen LogP contribution in [0.2, 0.25) is 0 Å². The van der Waals surface area contributed by atoms with Gasteiger partial charge in [-0.1, -0.05) is 0 Å². The summed E-state index contributed by atoms with van der Waals surface area (Å²) in [4.78, 5) is 36.9. The number of amides is 3. The van der Waals surface area contributed by atoms with Crippen molar-refractivity contribution in [2.45, 2.75) is 12.5 Å². The normalized spacial score (nSPS) is 20.4. The maximum absolute atomic E-state index is 14.6. The predicted octanol–water partition coefficient (Wildman–Crippen LogP) is 0.745. The largest absolute Gasteiger partial charge is 0.465 e. The first-order chi connectivity index (χ1) is 12.4. The zero-order chi connectivity index (χ0) is 18.7. The Balaban J connectivity index is 1.70. The molecule has 0 spiro atoms. The summed E-state index contributed by atoms with van der Waals surface area (Å²) in [6.07, 6.45) is -2.21. The van der Waals surface area contributed by atoms with Gasteiger partial charge in [-0.2, -0.15) is 0 Å². The fourth-order valence-corrected chi connectivity index (χ4v) is 2.97. The first-order valence-corrected chi connectivity index (χ1v) is 8.20. The topological polar surface area (TPSA) is 111 Å². The lowest BCUT2D eigenvalue weighted by Crippen LogP contribution is -2.33. The minimum atomic E-state index is -1.21. The van der Waals surface area contributed by atoms with Crippen LogP contribution in [-0.4, -0.2) is 62.0 Å².